The van der Waals surface area contributed by atoms with Gasteiger partial charge in [-0.2, -0.15) is 0 Å². The van der Waals surface area contributed by atoms with Crippen LogP contribution in [0.3, 0.4) is 0 Å². The SMILES string of the molecule is CCNC(=O)CNc1ccc(C)cc1S(=O)(=O)c1ccc(OC)c(Br)c1. The van der Waals surface area contributed by atoms with Gasteiger partial charge in [-0.25, -0.2) is 8.42 Å². The number of likely N-dealkylation sites (N-methyl/N-ethyl adjacent to an activating group) is 1. The molecule has 0 atom stereocenters. The summed E-state index contributed by atoms with van der Waals surface area (Å²) in [6, 6.07) is 9.64. The molecule has 1 amide bonds. The van der Waals surface area contributed by atoms with Gasteiger partial charge in [-0.15, -0.1) is 0 Å². The van der Waals surface area contributed by atoms with Crippen molar-refractivity contribution in [1.82, 2.24) is 5.32 Å². The lowest BCUT2D eigenvalue weighted by Crippen LogP contribution is -2.29. The highest BCUT2D eigenvalue weighted by molar-refractivity contribution is 9.10. The first-order valence-corrected chi connectivity index (χ1v) is 10.3. The van der Waals surface area contributed by atoms with E-state index in [1.807, 2.05) is 13.8 Å². The van der Waals surface area contributed by atoms with Crippen LogP contribution >= 0.6 is 15.9 Å². The van der Waals surface area contributed by atoms with Crippen LogP contribution in [0.25, 0.3) is 0 Å². The molecular weight excluding hydrogens is 420 g/mol. The van der Waals surface area contributed by atoms with Crippen molar-refractivity contribution in [2.24, 2.45) is 0 Å². The van der Waals surface area contributed by atoms with Gasteiger partial charge in [-0.05, 0) is 65.7 Å². The number of hydrogen-bond donors (Lipinski definition) is 2. The number of aryl methyl sites for hydroxylation is 1. The number of rotatable bonds is 7. The number of carbonyl (C=O) groups is 1. The summed E-state index contributed by atoms with van der Waals surface area (Å²) in [6.07, 6.45) is 0. The minimum absolute atomic E-state index is 0.00821. The first-order valence-electron chi connectivity index (χ1n) is 7.99. The number of amides is 1. The van der Waals surface area contributed by atoms with E-state index >= 15 is 0 Å². The molecule has 0 aromatic heterocycles. The molecule has 6 nitrogen and oxygen atoms in total. The van der Waals surface area contributed by atoms with Gasteiger partial charge >= 0.3 is 0 Å². The van der Waals surface area contributed by atoms with E-state index in [0.29, 0.717) is 22.5 Å². The molecule has 2 N–H and O–H groups in total. The van der Waals surface area contributed by atoms with Gasteiger partial charge in [-0.1, -0.05) is 6.07 Å². The Morgan fingerprint density at radius 1 is 1.19 bits per heavy atom. The minimum atomic E-state index is -3.78. The van der Waals surface area contributed by atoms with Crippen molar-refractivity contribution >= 4 is 37.4 Å². The van der Waals surface area contributed by atoms with Gasteiger partial charge in [0.15, 0.2) is 0 Å². The van der Waals surface area contributed by atoms with Crippen LogP contribution in [0.1, 0.15) is 12.5 Å². The molecule has 0 radical (unpaired) electrons. The summed E-state index contributed by atoms with van der Waals surface area (Å²) < 4.78 is 32.0. The number of methoxy groups -OCH3 is 1. The van der Waals surface area contributed by atoms with Gasteiger partial charge in [0.1, 0.15) is 5.75 Å². The van der Waals surface area contributed by atoms with E-state index in [1.54, 1.807) is 24.3 Å². The van der Waals surface area contributed by atoms with E-state index < -0.39 is 9.84 Å². The number of nitrogens with one attached hydrogen (secondary N) is 2. The molecule has 0 aliphatic heterocycles. The average Bonchev–Trinajstić information content (AvgIpc) is 2.60. The number of hydrogen-bond acceptors (Lipinski definition) is 5. The zero-order chi connectivity index (χ0) is 19.3. The fraction of sp³-hybridized carbons (Fsp3) is 0.278. The third kappa shape index (κ3) is 4.56. The number of ether oxygens (including phenoxy) is 1. The van der Waals surface area contributed by atoms with Crippen LogP contribution in [-0.4, -0.2) is 34.5 Å². The average molecular weight is 441 g/mol. The number of carbonyl (C=O) groups excluding carboxylic acids is 1. The van der Waals surface area contributed by atoms with E-state index in [-0.39, 0.29) is 22.2 Å². The predicted octanol–water partition coefficient (Wildman–Crippen LogP) is 3.15. The summed E-state index contributed by atoms with van der Waals surface area (Å²) in [7, 11) is -2.27. The Hall–Kier alpha value is -2.06. The Bertz CT molecular complexity index is 913. The summed E-state index contributed by atoms with van der Waals surface area (Å²) in [6.45, 7) is 4.14. The monoisotopic (exact) mass is 440 g/mol. The van der Waals surface area contributed by atoms with E-state index in [0.717, 1.165) is 5.56 Å². The van der Waals surface area contributed by atoms with Crippen LogP contribution in [0.15, 0.2) is 50.7 Å². The Kier molecular flexibility index (Phi) is 6.66. The highest BCUT2D eigenvalue weighted by Crippen LogP contribution is 2.33. The molecule has 0 unspecified atom stereocenters. The van der Waals surface area contributed by atoms with Crippen LogP contribution < -0.4 is 15.4 Å². The molecule has 0 saturated carbocycles. The maximum atomic E-state index is 13.1. The molecule has 26 heavy (non-hydrogen) atoms. The first kappa shape index (κ1) is 20.3. The molecule has 0 bridgehead atoms. The van der Waals surface area contributed by atoms with Crippen LogP contribution in [-0.2, 0) is 14.6 Å². The smallest absolute Gasteiger partial charge is 0.239 e. The standard InChI is InChI=1S/C18H21BrN2O4S/c1-4-20-18(22)11-21-15-7-5-12(2)9-17(15)26(23,24)13-6-8-16(25-3)14(19)10-13/h5-10,21H,4,11H2,1-3H3,(H,20,22). The lowest BCUT2D eigenvalue weighted by Gasteiger charge is -2.14. The highest BCUT2D eigenvalue weighted by atomic mass is 79.9. The van der Waals surface area contributed by atoms with Crippen molar-refractivity contribution in [1.29, 1.82) is 0 Å². The van der Waals surface area contributed by atoms with Crippen LogP contribution in [0.5, 0.6) is 5.75 Å². The molecule has 2 aromatic carbocycles. The van der Waals surface area contributed by atoms with Crippen molar-refractivity contribution in [2.45, 2.75) is 23.6 Å². The quantitative estimate of drug-likeness (QED) is 0.690. The van der Waals surface area contributed by atoms with Crippen molar-refractivity contribution in [3.8, 4) is 5.75 Å². The number of anilines is 1. The second-order valence-corrected chi connectivity index (χ2v) is 8.38. The van der Waals surface area contributed by atoms with E-state index in [2.05, 4.69) is 26.6 Å². The molecular formula is C18H21BrN2O4S. The molecule has 0 heterocycles. The molecule has 0 aliphatic rings. The summed E-state index contributed by atoms with van der Waals surface area (Å²) in [5, 5.41) is 5.58. The second-order valence-electron chi connectivity index (χ2n) is 5.61. The fourth-order valence-electron chi connectivity index (χ4n) is 2.37. The van der Waals surface area contributed by atoms with Gasteiger partial charge in [0.05, 0.1) is 33.6 Å². The van der Waals surface area contributed by atoms with Crippen molar-refractivity contribution in [2.75, 3.05) is 25.5 Å². The van der Waals surface area contributed by atoms with Gasteiger partial charge in [-0.3, -0.25) is 4.79 Å². The number of sulfone groups is 1. The molecule has 2 aromatic rings. The second kappa shape index (κ2) is 8.55. The van der Waals surface area contributed by atoms with Gasteiger partial charge < -0.3 is 15.4 Å². The zero-order valence-electron chi connectivity index (χ0n) is 14.8. The van der Waals surface area contributed by atoms with Gasteiger partial charge in [0.25, 0.3) is 0 Å². The third-order valence-corrected chi connectivity index (χ3v) is 6.08. The summed E-state index contributed by atoms with van der Waals surface area (Å²) in [5.74, 6) is 0.339. The van der Waals surface area contributed by atoms with Crippen molar-refractivity contribution in [3.63, 3.8) is 0 Å². The first-order chi connectivity index (χ1) is 12.3. The summed E-state index contributed by atoms with van der Waals surface area (Å²) >= 11 is 3.31. The molecule has 0 saturated heterocycles. The topological polar surface area (TPSA) is 84.5 Å². The van der Waals surface area contributed by atoms with Gasteiger partial charge in [0, 0.05) is 6.54 Å². The highest BCUT2D eigenvalue weighted by Gasteiger charge is 2.23. The summed E-state index contributed by atoms with van der Waals surface area (Å²) in [5.41, 5.74) is 1.19. The minimum Gasteiger partial charge on any atom is -0.496 e. The van der Waals surface area contributed by atoms with Crippen molar-refractivity contribution < 1.29 is 17.9 Å². The fourth-order valence-corrected chi connectivity index (χ4v) is 4.61. The summed E-state index contributed by atoms with van der Waals surface area (Å²) in [4.78, 5) is 11.9. The number of halogens is 1. The van der Waals surface area contributed by atoms with Crippen LogP contribution in [0.4, 0.5) is 5.69 Å². The zero-order valence-corrected chi connectivity index (χ0v) is 17.2. The Labute approximate surface area is 162 Å². The van der Waals surface area contributed by atoms with Crippen LogP contribution in [0, 0.1) is 6.92 Å². The largest absolute Gasteiger partial charge is 0.496 e. The maximum absolute atomic E-state index is 13.1. The lowest BCUT2D eigenvalue weighted by molar-refractivity contribution is -0.119. The molecule has 0 aliphatic carbocycles. The third-order valence-electron chi connectivity index (χ3n) is 3.67. The Balaban J connectivity index is 2.43. The molecule has 8 heteroatoms. The normalized spacial score (nSPS) is 11.1. The Morgan fingerprint density at radius 2 is 1.92 bits per heavy atom. The van der Waals surface area contributed by atoms with Crippen LogP contribution in [0.2, 0.25) is 0 Å². The number of benzene rings is 2. The predicted molar refractivity (Wildman–Crippen MR) is 104 cm³/mol. The van der Waals surface area contributed by atoms with E-state index in [4.69, 9.17) is 4.74 Å². The molecule has 140 valence electrons. The molecule has 0 spiro atoms. The lowest BCUT2D eigenvalue weighted by atomic mass is 10.2. The van der Waals surface area contributed by atoms with Gasteiger partial charge in [0.2, 0.25) is 15.7 Å². The van der Waals surface area contributed by atoms with E-state index in [9.17, 15) is 13.2 Å². The molecule has 2 rings (SSSR count). The molecule has 0 fully saturated rings. The Morgan fingerprint density at radius 3 is 2.54 bits per heavy atom. The maximum Gasteiger partial charge on any atom is 0.239 e. The van der Waals surface area contributed by atoms with Crippen molar-refractivity contribution in [3.05, 3.63) is 46.4 Å². The van der Waals surface area contributed by atoms with E-state index in [1.165, 1.54) is 19.2 Å².